The van der Waals surface area contributed by atoms with Gasteiger partial charge in [0, 0.05) is 18.0 Å². The molecule has 0 heterocycles. The van der Waals surface area contributed by atoms with Crippen LogP contribution in [0.1, 0.15) is 68.9 Å². The van der Waals surface area contributed by atoms with Crippen LogP contribution in [0, 0.1) is 0 Å². The zero-order valence-electron chi connectivity index (χ0n) is 14.2. The normalized spacial score (nSPS) is 20.7. The van der Waals surface area contributed by atoms with Gasteiger partial charge in [0.1, 0.15) is 0 Å². The third-order valence-electron chi connectivity index (χ3n) is 5.33. The first-order valence-corrected chi connectivity index (χ1v) is 9.29. The Kier molecular flexibility index (Phi) is 5.37. The maximum atomic E-state index is 12.1. The molecule has 2 aliphatic carbocycles. The predicted molar refractivity (Wildman–Crippen MR) is 94.3 cm³/mol. The van der Waals surface area contributed by atoms with Crippen LogP contribution in [0.15, 0.2) is 24.3 Å². The summed E-state index contributed by atoms with van der Waals surface area (Å²) in [6.45, 7) is 0. The molecule has 0 bridgehead atoms. The third kappa shape index (κ3) is 5.35. The van der Waals surface area contributed by atoms with Gasteiger partial charge in [-0.1, -0.05) is 49.9 Å². The summed E-state index contributed by atoms with van der Waals surface area (Å²) in [6.07, 6.45) is 12.2. The van der Waals surface area contributed by atoms with Crippen LogP contribution < -0.4 is 11.1 Å². The van der Waals surface area contributed by atoms with E-state index in [2.05, 4.69) is 29.6 Å². The smallest absolute Gasteiger partial charge is 0.220 e. The number of aryl methyl sites for hydroxylation is 1. The van der Waals surface area contributed by atoms with Crippen molar-refractivity contribution in [3.05, 3.63) is 35.4 Å². The van der Waals surface area contributed by atoms with Gasteiger partial charge >= 0.3 is 0 Å². The molecular formula is C20H30N2O. The molecule has 3 rings (SSSR count). The number of benzene rings is 1. The highest BCUT2D eigenvalue weighted by atomic mass is 16.1. The molecule has 2 aliphatic rings. The summed E-state index contributed by atoms with van der Waals surface area (Å²) in [7, 11) is 0. The van der Waals surface area contributed by atoms with E-state index in [1.165, 1.54) is 36.8 Å². The SMILES string of the molecule is NC1(Cc2ccc(CCC(=O)NC3CCCCCC3)cc2)CC1. The van der Waals surface area contributed by atoms with Crippen molar-refractivity contribution < 1.29 is 4.79 Å². The first-order valence-electron chi connectivity index (χ1n) is 9.29. The lowest BCUT2D eigenvalue weighted by molar-refractivity contribution is -0.121. The van der Waals surface area contributed by atoms with Crippen LogP contribution in [-0.4, -0.2) is 17.5 Å². The Labute approximate surface area is 140 Å². The molecular weight excluding hydrogens is 284 g/mol. The van der Waals surface area contributed by atoms with Crippen molar-refractivity contribution in [2.24, 2.45) is 5.73 Å². The van der Waals surface area contributed by atoms with Crippen molar-refractivity contribution in [2.75, 3.05) is 0 Å². The molecule has 1 aromatic rings. The molecule has 23 heavy (non-hydrogen) atoms. The van der Waals surface area contributed by atoms with Gasteiger partial charge in [-0.25, -0.2) is 0 Å². The first-order chi connectivity index (χ1) is 11.1. The predicted octanol–water partition coefficient (Wildman–Crippen LogP) is 3.49. The lowest BCUT2D eigenvalue weighted by Crippen LogP contribution is -2.34. The van der Waals surface area contributed by atoms with Crippen LogP contribution in [-0.2, 0) is 17.6 Å². The fourth-order valence-corrected chi connectivity index (χ4v) is 3.55. The molecule has 0 radical (unpaired) electrons. The Bertz CT molecular complexity index is 511. The average Bonchev–Trinajstić information content (AvgIpc) is 3.31. The van der Waals surface area contributed by atoms with E-state index in [9.17, 15) is 4.79 Å². The number of nitrogens with one attached hydrogen (secondary N) is 1. The summed E-state index contributed by atoms with van der Waals surface area (Å²) in [5, 5.41) is 3.22. The van der Waals surface area contributed by atoms with E-state index in [4.69, 9.17) is 5.73 Å². The highest BCUT2D eigenvalue weighted by molar-refractivity contribution is 5.76. The molecule has 126 valence electrons. The summed E-state index contributed by atoms with van der Waals surface area (Å²) in [5.74, 6) is 0.208. The minimum atomic E-state index is 0.0696. The van der Waals surface area contributed by atoms with Gasteiger partial charge in [-0.15, -0.1) is 0 Å². The fourth-order valence-electron chi connectivity index (χ4n) is 3.55. The summed E-state index contributed by atoms with van der Waals surface area (Å²) >= 11 is 0. The van der Waals surface area contributed by atoms with Crippen LogP contribution >= 0.6 is 0 Å². The van der Waals surface area contributed by atoms with Crippen LogP contribution in [0.5, 0.6) is 0 Å². The number of nitrogens with two attached hydrogens (primary N) is 1. The number of hydrogen-bond acceptors (Lipinski definition) is 2. The second kappa shape index (κ2) is 7.48. The van der Waals surface area contributed by atoms with Crippen molar-refractivity contribution in [3.8, 4) is 0 Å². The highest BCUT2D eigenvalue weighted by Gasteiger charge is 2.37. The Morgan fingerprint density at radius 1 is 1.04 bits per heavy atom. The van der Waals surface area contributed by atoms with E-state index < -0.39 is 0 Å². The topological polar surface area (TPSA) is 55.1 Å². The molecule has 0 unspecified atom stereocenters. The van der Waals surface area contributed by atoms with Crippen molar-refractivity contribution >= 4 is 5.91 Å². The number of amides is 1. The molecule has 0 aliphatic heterocycles. The zero-order valence-corrected chi connectivity index (χ0v) is 14.2. The van der Waals surface area contributed by atoms with E-state index in [0.717, 1.165) is 38.5 Å². The molecule has 3 nitrogen and oxygen atoms in total. The number of carbonyl (C=O) groups excluding carboxylic acids is 1. The third-order valence-corrected chi connectivity index (χ3v) is 5.33. The first kappa shape index (κ1) is 16.5. The highest BCUT2D eigenvalue weighted by Crippen LogP contribution is 2.35. The summed E-state index contributed by atoms with van der Waals surface area (Å²) in [6, 6.07) is 9.06. The van der Waals surface area contributed by atoms with Gasteiger partial charge in [0.2, 0.25) is 5.91 Å². The van der Waals surface area contributed by atoms with Crippen LogP contribution in [0.25, 0.3) is 0 Å². The molecule has 0 atom stereocenters. The van der Waals surface area contributed by atoms with Crippen LogP contribution in [0.4, 0.5) is 0 Å². The molecule has 0 spiro atoms. The van der Waals surface area contributed by atoms with Crippen LogP contribution in [0.2, 0.25) is 0 Å². The molecule has 3 heteroatoms. The number of rotatable bonds is 6. The molecule has 0 aromatic heterocycles. The van der Waals surface area contributed by atoms with Crippen molar-refractivity contribution in [3.63, 3.8) is 0 Å². The minimum absolute atomic E-state index is 0.0696. The standard InChI is InChI=1S/C20H30N2O/c21-20(13-14-20)15-17-9-7-16(8-10-17)11-12-19(23)22-18-5-3-1-2-4-6-18/h7-10,18H,1-6,11-15,21H2,(H,22,23). The average molecular weight is 314 g/mol. The van der Waals surface area contributed by atoms with Gasteiger partial charge < -0.3 is 11.1 Å². The fraction of sp³-hybridized carbons (Fsp3) is 0.650. The summed E-state index contributed by atoms with van der Waals surface area (Å²) in [5.41, 5.74) is 8.79. The molecule has 0 saturated heterocycles. The van der Waals surface area contributed by atoms with Crippen molar-refractivity contribution in [1.29, 1.82) is 0 Å². The van der Waals surface area contributed by atoms with Gasteiger partial charge in [-0.2, -0.15) is 0 Å². The van der Waals surface area contributed by atoms with E-state index in [1.807, 2.05) is 0 Å². The Hall–Kier alpha value is -1.35. The second-order valence-corrected chi connectivity index (χ2v) is 7.61. The van der Waals surface area contributed by atoms with Crippen molar-refractivity contribution in [2.45, 2.75) is 82.2 Å². The van der Waals surface area contributed by atoms with Gasteiger partial charge in [-0.05, 0) is 49.7 Å². The Balaban J connectivity index is 1.41. The Morgan fingerprint density at radius 2 is 1.65 bits per heavy atom. The van der Waals surface area contributed by atoms with Gasteiger partial charge in [0.25, 0.3) is 0 Å². The molecule has 1 aromatic carbocycles. The van der Waals surface area contributed by atoms with Gasteiger partial charge in [0.15, 0.2) is 0 Å². The number of carbonyl (C=O) groups is 1. The number of hydrogen-bond donors (Lipinski definition) is 2. The molecule has 2 fully saturated rings. The van der Waals surface area contributed by atoms with Gasteiger partial charge in [0.05, 0.1) is 0 Å². The van der Waals surface area contributed by atoms with E-state index >= 15 is 0 Å². The molecule has 1 amide bonds. The maximum Gasteiger partial charge on any atom is 0.220 e. The quantitative estimate of drug-likeness (QED) is 0.790. The van der Waals surface area contributed by atoms with E-state index in [0.29, 0.717) is 12.5 Å². The van der Waals surface area contributed by atoms with E-state index in [-0.39, 0.29) is 11.4 Å². The Morgan fingerprint density at radius 3 is 2.26 bits per heavy atom. The van der Waals surface area contributed by atoms with Crippen molar-refractivity contribution in [1.82, 2.24) is 5.32 Å². The van der Waals surface area contributed by atoms with E-state index in [1.54, 1.807) is 0 Å². The lowest BCUT2D eigenvalue weighted by Gasteiger charge is -2.16. The maximum absolute atomic E-state index is 12.1. The minimum Gasteiger partial charge on any atom is -0.353 e. The summed E-state index contributed by atoms with van der Waals surface area (Å²) in [4.78, 5) is 12.1. The molecule has 2 saturated carbocycles. The second-order valence-electron chi connectivity index (χ2n) is 7.61. The largest absolute Gasteiger partial charge is 0.353 e. The lowest BCUT2D eigenvalue weighted by atomic mass is 10.0. The summed E-state index contributed by atoms with van der Waals surface area (Å²) < 4.78 is 0. The molecule has 3 N–H and O–H groups in total. The monoisotopic (exact) mass is 314 g/mol. The zero-order chi connectivity index (χ0) is 16.1. The van der Waals surface area contributed by atoms with Crippen LogP contribution in [0.3, 0.4) is 0 Å². The van der Waals surface area contributed by atoms with Gasteiger partial charge in [-0.3, -0.25) is 4.79 Å².